The summed E-state index contributed by atoms with van der Waals surface area (Å²) in [4.78, 5) is 36.2. The molecule has 3 aromatic carbocycles. The summed E-state index contributed by atoms with van der Waals surface area (Å²) in [6, 6.07) is 21.9. The third-order valence-corrected chi connectivity index (χ3v) is 4.85. The van der Waals surface area contributed by atoms with Crippen LogP contribution in [-0.4, -0.2) is 26.8 Å². The summed E-state index contributed by atoms with van der Waals surface area (Å²) in [5, 5.41) is 5.61. The minimum Gasteiger partial charge on any atom is -0.438 e. The van der Waals surface area contributed by atoms with Crippen molar-refractivity contribution in [2.45, 2.75) is 0 Å². The first-order valence-corrected chi connectivity index (χ1v) is 9.82. The number of aromatic amines is 1. The Balaban J connectivity index is 1.33. The molecular formula is C24H17N5O3. The zero-order valence-electron chi connectivity index (χ0n) is 16.7. The molecule has 5 rings (SSSR count). The minimum absolute atomic E-state index is 0.137. The second-order valence-corrected chi connectivity index (χ2v) is 7.03. The molecule has 8 heteroatoms. The van der Waals surface area contributed by atoms with Crippen LogP contribution in [0.1, 0.15) is 20.9 Å². The van der Waals surface area contributed by atoms with Crippen LogP contribution >= 0.6 is 0 Å². The van der Waals surface area contributed by atoms with Crippen LogP contribution in [0.5, 0.6) is 0 Å². The van der Waals surface area contributed by atoms with Gasteiger partial charge in [0.15, 0.2) is 6.39 Å². The summed E-state index contributed by atoms with van der Waals surface area (Å²) in [5.74, 6) is 0.224. The first-order chi connectivity index (χ1) is 15.7. The number of rotatable bonds is 5. The smallest absolute Gasteiger partial charge is 0.293 e. The topological polar surface area (TPSA) is 113 Å². The van der Waals surface area contributed by atoms with Crippen molar-refractivity contribution >= 4 is 34.2 Å². The molecule has 0 bridgehead atoms. The van der Waals surface area contributed by atoms with Crippen LogP contribution in [0.2, 0.25) is 0 Å². The first kappa shape index (κ1) is 19.3. The average Bonchev–Trinajstić information content (AvgIpc) is 3.50. The van der Waals surface area contributed by atoms with Crippen molar-refractivity contribution in [2.75, 3.05) is 10.6 Å². The lowest BCUT2D eigenvalue weighted by molar-refractivity contribution is 0.0994. The van der Waals surface area contributed by atoms with Crippen molar-refractivity contribution in [1.29, 1.82) is 0 Å². The van der Waals surface area contributed by atoms with Gasteiger partial charge < -0.3 is 20.0 Å². The van der Waals surface area contributed by atoms with Crippen LogP contribution in [0.4, 0.5) is 11.4 Å². The van der Waals surface area contributed by atoms with Gasteiger partial charge in [-0.15, -0.1) is 0 Å². The fourth-order valence-corrected chi connectivity index (χ4v) is 3.24. The highest BCUT2D eigenvalue weighted by Gasteiger charge is 2.12. The molecule has 0 atom stereocenters. The highest BCUT2D eigenvalue weighted by atomic mass is 16.3. The van der Waals surface area contributed by atoms with Crippen LogP contribution in [0, 0.1) is 0 Å². The van der Waals surface area contributed by atoms with Gasteiger partial charge in [-0.2, -0.15) is 0 Å². The van der Waals surface area contributed by atoms with Crippen LogP contribution in [0.25, 0.3) is 22.4 Å². The maximum Gasteiger partial charge on any atom is 0.293 e. The van der Waals surface area contributed by atoms with Gasteiger partial charge in [-0.05, 0) is 54.6 Å². The van der Waals surface area contributed by atoms with E-state index in [-0.39, 0.29) is 17.6 Å². The Bertz CT molecular complexity index is 1390. The molecule has 0 unspecified atom stereocenters. The molecule has 0 aliphatic heterocycles. The molecule has 5 aromatic rings. The van der Waals surface area contributed by atoms with Gasteiger partial charge in [-0.25, -0.2) is 9.97 Å². The maximum absolute atomic E-state index is 12.6. The zero-order valence-corrected chi connectivity index (χ0v) is 16.7. The molecule has 0 saturated heterocycles. The van der Waals surface area contributed by atoms with E-state index in [4.69, 9.17) is 4.42 Å². The van der Waals surface area contributed by atoms with E-state index in [1.54, 1.807) is 24.3 Å². The molecule has 0 aliphatic carbocycles. The van der Waals surface area contributed by atoms with E-state index in [1.165, 1.54) is 12.6 Å². The largest absolute Gasteiger partial charge is 0.438 e. The number of nitrogens with one attached hydrogen (secondary N) is 3. The van der Waals surface area contributed by atoms with Crippen molar-refractivity contribution < 1.29 is 14.0 Å². The number of fused-ring (bicyclic) bond motifs is 1. The molecule has 32 heavy (non-hydrogen) atoms. The molecule has 0 saturated carbocycles. The number of benzene rings is 3. The number of carbonyl (C=O) groups is 2. The number of nitrogens with zero attached hydrogens (tertiary/aromatic N) is 2. The Morgan fingerprint density at radius 3 is 2.34 bits per heavy atom. The molecule has 3 N–H and O–H groups in total. The third-order valence-electron chi connectivity index (χ3n) is 4.85. The summed E-state index contributed by atoms with van der Waals surface area (Å²) < 4.78 is 4.99. The summed E-state index contributed by atoms with van der Waals surface area (Å²) in [5.41, 5.74) is 4.21. The highest BCUT2D eigenvalue weighted by Crippen LogP contribution is 2.23. The Kier molecular flexibility index (Phi) is 4.93. The summed E-state index contributed by atoms with van der Waals surface area (Å²) >= 11 is 0. The Labute approximate surface area is 182 Å². The van der Waals surface area contributed by atoms with E-state index in [0.717, 1.165) is 16.8 Å². The number of hydrogen-bond acceptors (Lipinski definition) is 5. The highest BCUT2D eigenvalue weighted by molar-refractivity contribution is 6.06. The lowest BCUT2D eigenvalue weighted by Gasteiger charge is -2.04. The summed E-state index contributed by atoms with van der Waals surface area (Å²) in [6.07, 6.45) is 2.56. The second kappa shape index (κ2) is 8.19. The Morgan fingerprint density at radius 1 is 0.844 bits per heavy atom. The lowest BCUT2D eigenvalue weighted by Crippen LogP contribution is -2.11. The van der Waals surface area contributed by atoms with Gasteiger partial charge in [-0.1, -0.05) is 18.2 Å². The number of H-pyrrole nitrogens is 1. The van der Waals surface area contributed by atoms with Gasteiger partial charge >= 0.3 is 0 Å². The fraction of sp³-hybridized carbons (Fsp3) is 0. The van der Waals surface area contributed by atoms with Crippen molar-refractivity contribution in [3.8, 4) is 11.4 Å². The van der Waals surface area contributed by atoms with Crippen LogP contribution in [0.3, 0.4) is 0 Å². The van der Waals surface area contributed by atoms with Crippen LogP contribution < -0.4 is 10.6 Å². The number of amides is 2. The normalized spacial score (nSPS) is 10.8. The van der Waals surface area contributed by atoms with E-state index < -0.39 is 0 Å². The Hall–Kier alpha value is -4.72. The molecule has 0 radical (unpaired) electrons. The van der Waals surface area contributed by atoms with Crippen LogP contribution in [-0.2, 0) is 0 Å². The molecule has 2 aromatic heterocycles. The third kappa shape index (κ3) is 3.97. The fourth-order valence-electron chi connectivity index (χ4n) is 3.24. The second-order valence-electron chi connectivity index (χ2n) is 7.03. The van der Waals surface area contributed by atoms with Gasteiger partial charge in [0, 0.05) is 22.5 Å². The molecule has 0 spiro atoms. The molecule has 156 valence electrons. The van der Waals surface area contributed by atoms with E-state index in [1.807, 2.05) is 48.5 Å². The maximum atomic E-state index is 12.6. The van der Waals surface area contributed by atoms with Gasteiger partial charge in [0.05, 0.1) is 17.2 Å². The zero-order chi connectivity index (χ0) is 21.9. The van der Waals surface area contributed by atoms with Crippen LogP contribution in [0.15, 0.2) is 89.8 Å². The first-order valence-electron chi connectivity index (χ1n) is 9.82. The lowest BCUT2D eigenvalue weighted by atomic mass is 10.2. The van der Waals surface area contributed by atoms with Crippen molar-refractivity contribution in [1.82, 2.24) is 15.0 Å². The number of anilines is 2. The standard InChI is InChI=1S/C24H17N5O3/c30-23(26-17-4-2-1-3-5-17)16-8-11-19-20(12-16)29-22(28-19)15-6-9-18(10-7-15)27-24(31)21-13-25-14-32-21/h1-14H,(H,26,30)(H,27,31)(H,28,29). The van der Waals surface area contributed by atoms with Crippen molar-refractivity contribution in [3.05, 3.63) is 96.7 Å². The monoisotopic (exact) mass is 423 g/mol. The van der Waals surface area contributed by atoms with E-state index in [9.17, 15) is 9.59 Å². The quantitative estimate of drug-likeness (QED) is 0.378. The predicted molar refractivity (Wildman–Crippen MR) is 120 cm³/mol. The van der Waals surface area contributed by atoms with Gasteiger partial charge in [0.1, 0.15) is 5.82 Å². The molecule has 8 nitrogen and oxygen atoms in total. The number of imidazole rings is 1. The number of carbonyl (C=O) groups excluding carboxylic acids is 2. The minimum atomic E-state index is -0.375. The SMILES string of the molecule is O=C(Nc1ccccc1)c1ccc2[nH]c(-c3ccc(NC(=O)c4cnco4)cc3)nc2c1. The number of oxazole rings is 1. The van der Waals surface area contributed by atoms with Crippen molar-refractivity contribution in [2.24, 2.45) is 0 Å². The van der Waals surface area contributed by atoms with E-state index in [2.05, 4.69) is 25.6 Å². The van der Waals surface area contributed by atoms with E-state index in [0.29, 0.717) is 22.6 Å². The molecular weight excluding hydrogens is 406 g/mol. The average molecular weight is 423 g/mol. The molecule has 0 aliphatic rings. The van der Waals surface area contributed by atoms with Crippen molar-refractivity contribution in [3.63, 3.8) is 0 Å². The molecule has 2 amide bonds. The number of aromatic nitrogens is 3. The summed E-state index contributed by atoms with van der Waals surface area (Å²) in [6.45, 7) is 0. The molecule has 2 heterocycles. The van der Waals surface area contributed by atoms with Gasteiger partial charge in [-0.3, -0.25) is 9.59 Å². The number of hydrogen-bond donors (Lipinski definition) is 3. The van der Waals surface area contributed by atoms with Gasteiger partial charge in [0.25, 0.3) is 11.8 Å². The van der Waals surface area contributed by atoms with Gasteiger partial charge in [0.2, 0.25) is 5.76 Å². The predicted octanol–water partition coefficient (Wildman–Crippen LogP) is 4.72. The van der Waals surface area contributed by atoms with E-state index >= 15 is 0 Å². The molecule has 0 fully saturated rings. The number of para-hydroxylation sites is 1. The summed E-state index contributed by atoms with van der Waals surface area (Å²) in [7, 11) is 0. The Morgan fingerprint density at radius 2 is 1.59 bits per heavy atom.